The second-order valence-electron chi connectivity index (χ2n) is 7.32. The van der Waals surface area contributed by atoms with Crippen molar-refractivity contribution in [2.75, 3.05) is 32.2 Å². The van der Waals surface area contributed by atoms with E-state index >= 15 is 0 Å². The van der Waals surface area contributed by atoms with Gasteiger partial charge in [0.15, 0.2) is 5.82 Å². The van der Waals surface area contributed by atoms with Crippen molar-refractivity contribution in [2.24, 2.45) is 0 Å². The molecular formula is C25H24FN3O4S. The Morgan fingerprint density at radius 2 is 1.97 bits per heavy atom. The number of rotatable bonds is 10. The van der Waals surface area contributed by atoms with Crippen LogP contribution in [0.1, 0.15) is 12.5 Å². The van der Waals surface area contributed by atoms with Crippen LogP contribution in [0.5, 0.6) is 5.75 Å². The first-order valence-corrected chi connectivity index (χ1v) is 11.6. The van der Waals surface area contributed by atoms with Crippen LogP contribution in [0, 0.1) is 5.82 Å². The number of esters is 1. The zero-order valence-electron chi connectivity index (χ0n) is 18.8. The molecule has 4 aromatic rings. The van der Waals surface area contributed by atoms with Crippen molar-refractivity contribution in [2.45, 2.75) is 13.3 Å². The van der Waals surface area contributed by atoms with Crippen molar-refractivity contribution in [3.8, 4) is 17.0 Å². The van der Waals surface area contributed by atoms with E-state index in [0.29, 0.717) is 36.0 Å². The first-order valence-electron chi connectivity index (χ1n) is 10.8. The maximum Gasteiger partial charge on any atom is 0.310 e. The van der Waals surface area contributed by atoms with Crippen LogP contribution < -0.4 is 10.1 Å². The third-order valence-electron chi connectivity index (χ3n) is 5.01. The fraction of sp³-hybridized carbons (Fsp3) is 0.240. The van der Waals surface area contributed by atoms with E-state index in [9.17, 15) is 9.18 Å². The van der Waals surface area contributed by atoms with E-state index in [4.69, 9.17) is 14.2 Å². The monoisotopic (exact) mass is 481 g/mol. The molecule has 2 aromatic carbocycles. The summed E-state index contributed by atoms with van der Waals surface area (Å²) in [6.45, 7) is 2.91. The molecule has 34 heavy (non-hydrogen) atoms. The third-order valence-corrected chi connectivity index (χ3v) is 5.93. The van der Waals surface area contributed by atoms with Gasteiger partial charge >= 0.3 is 5.97 Å². The average molecular weight is 482 g/mol. The van der Waals surface area contributed by atoms with Gasteiger partial charge in [-0.3, -0.25) is 4.79 Å². The molecular weight excluding hydrogens is 457 g/mol. The number of fused-ring (bicyclic) bond motifs is 1. The molecule has 0 aliphatic rings. The van der Waals surface area contributed by atoms with Crippen molar-refractivity contribution in [3.63, 3.8) is 0 Å². The smallest absolute Gasteiger partial charge is 0.310 e. The van der Waals surface area contributed by atoms with Crippen molar-refractivity contribution >= 4 is 38.9 Å². The molecule has 0 radical (unpaired) electrons. The number of thiophene rings is 1. The second-order valence-corrected chi connectivity index (χ2v) is 8.24. The lowest BCUT2D eigenvalue weighted by Crippen LogP contribution is -2.08. The molecule has 9 heteroatoms. The number of hydrogen-bond acceptors (Lipinski definition) is 8. The number of hydrogen-bond donors (Lipinski definition) is 1. The van der Waals surface area contributed by atoms with Gasteiger partial charge in [0.25, 0.3) is 0 Å². The van der Waals surface area contributed by atoms with Crippen molar-refractivity contribution < 1.29 is 23.4 Å². The average Bonchev–Trinajstić information content (AvgIpc) is 3.32. The van der Waals surface area contributed by atoms with E-state index in [1.54, 1.807) is 26.2 Å². The topological polar surface area (TPSA) is 82.6 Å². The van der Waals surface area contributed by atoms with Crippen LogP contribution in [0.3, 0.4) is 0 Å². The Bertz CT molecular complexity index is 1290. The summed E-state index contributed by atoms with van der Waals surface area (Å²) in [5, 5.41) is 14.6. The minimum atomic E-state index is -0.493. The van der Waals surface area contributed by atoms with Gasteiger partial charge in [0, 0.05) is 18.1 Å². The molecule has 0 fully saturated rings. The van der Waals surface area contributed by atoms with E-state index in [2.05, 4.69) is 15.5 Å². The first-order chi connectivity index (χ1) is 16.6. The Balaban J connectivity index is 1.61. The summed E-state index contributed by atoms with van der Waals surface area (Å²) in [5.74, 6) is 0.241. The Labute approximate surface area is 200 Å². The molecule has 1 N–H and O–H groups in total. The zero-order chi connectivity index (χ0) is 23.9. The molecule has 4 rings (SSSR count). The van der Waals surface area contributed by atoms with Crippen LogP contribution in [0.2, 0.25) is 0 Å². The highest BCUT2D eigenvalue weighted by Gasteiger charge is 2.17. The van der Waals surface area contributed by atoms with Crippen LogP contribution in [0.25, 0.3) is 21.3 Å². The van der Waals surface area contributed by atoms with Gasteiger partial charge in [0.1, 0.15) is 23.9 Å². The van der Waals surface area contributed by atoms with Crippen LogP contribution in [-0.2, 0) is 20.7 Å². The van der Waals surface area contributed by atoms with Gasteiger partial charge in [-0.05, 0) is 48.2 Å². The van der Waals surface area contributed by atoms with E-state index < -0.39 is 11.8 Å². The molecule has 0 atom stereocenters. The number of ether oxygens (including phenoxy) is 3. The number of nitrogens with one attached hydrogen (secondary N) is 1. The Hall–Kier alpha value is -3.56. The van der Waals surface area contributed by atoms with E-state index in [1.165, 1.54) is 17.4 Å². The lowest BCUT2D eigenvalue weighted by molar-refractivity contribution is -0.142. The highest BCUT2D eigenvalue weighted by molar-refractivity contribution is 7.17. The number of halogens is 1. The Morgan fingerprint density at radius 1 is 1.12 bits per heavy atom. The molecule has 2 aromatic heterocycles. The van der Waals surface area contributed by atoms with Crippen molar-refractivity contribution in [1.82, 2.24) is 10.2 Å². The number of benzene rings is 2. The first kappa shape index (κ1) is 23.6. The van der Waals surface area contributed by atoms with Crippen LogP contribution >= 0.6 is 11.3 Å². The van der Waals surface area contributed by atoms with Gasteiger partial charge < -0.3 is 19.5 Å². The number of carbonyl (C=O) groups is 1. The SMILES string of the molecule is CCOC(=O)Cc1ccc(Nc2nnc(-c3ccccc3OCCOC)c3sccc23)c(F)c1. The number of anilines is 2. The molecule has 7 nitrogen and oxygen atoms in total. The summed E-state index contributed by atoms with van der Waals surface area (Å²) in [6.07, 6.45) is 0.0141. The number of para-hydroxylation sites is 1. The summed E-state index contributed by atoms with van der Waals surface area (Å²) in [7, 11) is 1.62. The van der Waals surface area contributed by atoms with E-state index in [-0.39, 0.29) is 18.7 Å². The van der Waals surface area contributed by atoms with Crippen LogP contribution in [-0.4, -0.2) is 43.1 Å². The number of nitrogens with zero attached hydrogens (tertiary/aromatic N) is 2. The minimum Gasteiger partial charge on any atom is -0.490 e. The lowest BCUT2D eigenvalue weighted by Gasteiger charge is -2.13. The minimum absolute atomic E-state index is 0.0141. The molecule has 0 amide bonds. The highest BCUT2D eigenvalue weighted by Crippen LogP contribution is 2.38. The molecule has 0 unspecified atom stereocenters. The standard InChI is InChI=1S/C25H24FN3O4S/c1-3-32-22(30)15-16-8-9-20(19(26)14-16)27-25-18-10-13-34-24(18)23(28-29-25)17-6-4-5-7-21(17)33-12-11-31-2/h4-10,13-14H,3,11-12,15H2,1-2H3,(H,27,29). The van der Waals surface area contributed by atoms with Crippen LogP contribution in [0.4, 0.5) is 15.9 Å². The quantitative estimate of drug-likeness (QED) is 0.241. The third kappa shape index (κ3) is 5.32. The molecule has 0 aliphatic heterocycles. The van der Waals surface area contributed by atoms with Gasteiger partial charge in [-0.25, -0.2) is 4.39 Å². The summed E-state index contributed by atoms with van der Waals surface area (Å²) < 4.78 is 31.5. The van der Waals surface area contributed by atoms with Crippen molar-refractivity contribution in [1.29, 1.82) is 0 Å². The van der Waals surface area contributed by atoms with Gasteiger partial charge in [0.05, 0.1) is 30.0 Å². The van der Waals surface area contributed by atoms with E-state index in [1.807, 2.05) is 35.7 Å². The molecule has 0 spiro atoms. The molecule has 0 aliphatic carbocycles. The number of aromatic nitrogens is 2. The summed E-state index contributed by atoms with van der Waals surface area (Å²) in [6, 6.07) is 14.1. The molecule has 2 heterocycles. The fourth-order valence-electron chi connectivity index (χ4n) is 3.45. The van der Waals surface area contributed by atoms with Crippen molar-refractivity contribution in [3.05, 3.63) is 65.3 Å². The van der Waals surface area contributed by atoms with Gasteiger partial charge in [-0.1, -0.05) is 18.2 Å². The van der Waals surface area contributed by atoms with Gasteiger partial charge in [0.2, 0.25) is 0 Å². The zero-order valence-corrected chi connectivity index (χ0v) is 19.7. The lowest BCUT2D eigenvalue weighted by atomic mass is 10.1. The second kappa shape index (κ2) is 11.0. The number of carbonyl (C=O) groups excluding carboxylic acids is 1. The Morgan fingerprint density at radius 3 is 2.76 bits per heavy atom. The molecule has 0 saturated carbocycles. The van der Waals surface area contributed by atoms with Gasteiger partial charge in [-0.15, -0.1) is 21.5 Å². The largest absolute Gasteiger partial charge is 0.490 e. The normalized spacial score (nSPS) is 10.9. The summed E-state index contributed by atoms with van der Waals surface area (Å²) in [5.41, 5.74) is 2.28. The maximum absolute atomic E-state index is 14.8. The number of methoxy groups -OCH3 is 1. The molecule has 176 valence electrons. The Kier molecular flexibility index (Phi) is 7.66. The summed E-state index contributed by atoms with van der Waals surface area (Å²) in [4.78, 5) is 11.7. The predicted molar refractivity (Wildman–Crippen MR) is 130 cm³/mol. The van der Waals surface area contributed by atoms with E-state index in [0.717, 1.165) is 15.6 Å². The molecule has 0 saturated heterocycles. The van der Waals surface area contributed by atoms with Crippen LogP contribution in [0.15, 0.2) is 53.9 Å². The summed E-state index contributed by atoms with van der Waals surface area (Å²) >= 11 is 1.52. The highest BCUT2D eigenvalue weighted by atomic mass is 32.1. The maximum atomic E-state index is 14.8. The predicted octanol–water partition coefficient (Wildman–Crippen LogP) is 5.37. The fourth-order valence-corrected chi connectivity index (χ4v) is 4.34. The molecule has 0 bridgehead atoms. The van der Waals surface area contributed by atoms with Gasteiger partial charge in [-0.2, -0.15) is 0 Å².